The molecule has 2 aromatic heterocycles. The maximum atomic E-state index is 14.0. The SMILES string of the molecule is Cc1nn(Cc2c(F)cccc2F)c(C)c1NC(=O)c1cc(C(N)=O)c2ccc(F)cc2n1. The van der Waals surface area contributed by atoms with Gasteiger partial charge in [0, 0.05) is 17.0 Å². The fourth-order valence-corrected chi connectivity index (χ4v) is 3.56. The Bertz CT molecular complexity index is 1410. The van der Waals surface area contributed by atoms with Crippen molar-refractivity contribution in [2.45, 2.75) is 20.4 Å². The van der Waals surface area contributed by atoms with Crippen LogP contribution >= 0.6 is 0 Å². The minimum absolute atomic E-state index is 0.0179. The van der Waals surface area contributed by atoms with Crippen molar-refractivity contribution < 1.29 is 22.8 Å². The second kappa shape index (κ2) is 8.38. The zero-order valence-corrected chi connectivity index (χ0v) is 17.6. The van der Waals surface area contributed by atoms with Gasteiger partial charge in [0.2, 0.25) is 5.91 Å². The van der Waals surface area contributed by atoms with Gasteiger partial charge in [0.05, 0.1) is 34.7 Å². The lowest BCUT2D eigenvalue weighted by Gasteiger charge is -2.10. The molecule has 2 amide bonds. The van der Waals surface area contributed by atoms with Gasteiger partial charge in [-0.05, 0) is 44.2 Å². The Morgan fingerprint density at radius 3 is 2.42 bits per heavy atom. The number of aromatic nitrogens is 3. The number of hydrogen-bond acceptors (Lipinski definition) is 4. The largest absolute Gasteiger partial charge is 0.366 e. The van der Waals surface area contributed by atoms with Crippen LogP contribution in [0.4, 0.5) is 18.9 Å². The van der Waals surface area contributed by atoms with Crippen molar-refractivity contribution in [2.24, 2.45) is 5.73 Å². The summed E-state index contributed by atoms with van der Waals surface area (Å²) in [7, 11) is 0. The lowest BCUT2D eigenvalue weighted by Crippen LogP contribution is -2.18. The van der Waals surface area contributed by atoms with Crippen molar-refractivity contribution >= 4 is 28.4 Å². The van der Waals surface area contributed by atoms with Gasteiger partial charge in [-0.25, -0.2) is 18.2 Å². The summed E-state index contributed by atoms with van der Waals surface area (Å²) in [6.07, 6.45) is 0. The summed E-state index contributed by atoms with van der Waals surface area (Å²) in [5.74, 6) is -3.49. The molecule has 33 heavy (non-hydrogen) atoms. The van der Waals surface area contributed by atoms with Crippen LogP contribution in [0, 0.1) is 31.3 Å². The molecule has 0 aliphatic heterocycles. The third kappa shape index (κ3) is 4.14. The molecule has 0 fully saturated rings. The molecule has 0 spiro atoms. The van der Waals surface area contributed by atoms with Gasteiger partial charge in [-0.15, -0.1) is 0 Å². The third-order valence-corrected chi connectivity index (χ3v) is 5.26. The van der Waals surface area contributed by atoms with E-state index in [0.29, 0.717) is 22.5 Å². The van der Waals surface area contributed by atoms with E-state index in [-0.39, 0.29) is 28.9 Å². The van der Waals surface area contributed by atoms with Gasteiger partial charge in [-0.1, -0.05) is 6.07 Å². The first-order chi connectivity index (χ1) is 15.7. The fourth-order valence-electron chi connectivity index (χ4n) is 3.56. The van der Waals surface area contributed by atoms with Gasteiger partial charge < -0.3 is 11.1 Å². The van der Waals surface area contributed by atoms with Crippen LogP contribution < -0.4 is 11.1 Å². The zero-order chi connectivity index (χ0) is 23.9. The van der Waals surface area contributed by atoms with E-state index in [2.05, 4.69) is 15.4 Å². The first-order valence-electron chi connectivity index (χ1n) is 9.84. The highest BCUT2D eigenvalue weighted by molar-refractivity contribution is 6.10. The molecule has 0 saturated heterocycles. The number of amides is 2. The molecule has 0 unspecified atom stereocenters. The normalized spacial score (nSPS) is 11.1. The topological polar surface area (TPSA) is 103 Å². The van der Waals surface area contributed by atoms with Crippen LogP contribution in [0.5, 0.6) is 0 Å². The predicted octanol–water partition coefficient (Wildman–Crippen LogP) is 3.86. The van der Waals surface area contributed by atoms with Crippen LogP contribution in [0.15, 0.2) is 42.5 Å². The molecule has 0 bridgehead atoms. The number of halogens is 3. The molecule has 168 valence electrons. The fraction of sp³-hybridized carbons (Fsp3) is 0.130. The van der Waals surface area contributed by atoms with E-state index in [0.717, 1.165) is 24.3 Å². The number of fused-ring (bicyclic) bond motifs is 1. The van der Waals surface area contributed by atoms with Gasteiger partial charge in [-0.2, -0.15) is 5.10 Å². The first-order valence-corrected chi connectivity index (χ1v) is 9.84. The molecule has 2 aromatic carbocycles. The lowest BCUT2D eigenvalue weighted by molar-refractivity contribution is 0.100. The number of nitrogens with zero attached hydrogens (tertiary/aromatic N) is 3. The molecule has 4 rings (SSSR count). The summed E-state index contributed by atoms with van der Waals surface area (Å²) in [5.41, 5.74) is 6.38. The summed E-state index contributed by atoms with van der Waals surface area (Å²) in [5, 5.41) is 7.24. The minimum Gasteiger partial charge on any atom is -0.366 e. The second-order valence-electron chi connectivity index (χ2n) is 7.44. The summed E-state index contributed by atoms with van der Waals surface area (Å²) in [6.45, 7) is 3.07. The van der Waals surface area contributed by atoms with Crippen LogP contribution in [-0.4, -0.2) is 26.6 Å². The number of aryl methyl sites for hydroxylation is 1. The molecular formula is C23H18F3N5O2. The van der Waals surface area contributed by atoms with Crippen LogP contribution in [-0.2, 0) is 6.54 Å². The van der Waals surface area contributed by atoms with Gasteiger partial charge in [-0.3, -0.25) is 14.3 Å². The highest BCUT2D eigenvalue weighted by Gasteiger charge is 2.20. The van der Waals surface area contributed by atoms with E-state index in [9.17, 15) is 22.8 Å². The molecule has 0 aliphatic carbocycles. The van der Waals surface area contributed by atoms with Gasteiger partial charge in [0.25, 0.3) is 5.91 Å². The molecule has 4 aromatic rings. The van der Waals surface area contributed by atoms with Gasteiger partial charge in [0.15, 0.2) is 0 Å². The van der Waals surface area contributed by atoms with Crippen molar-refractivity contribution in [3.63, 3.8) is 0 Å². The summed E-state index contributed by atoms with van der Waals surface area (Å²) in [6, 6.07) is 8.41. The number of hydrogen-bond donors (Lipinski definition) is 2. The molecule has 3 N–H and O–H groups in total. The molecule has 0 aliphatic rings. The Kier molecular flexibility index (Phi) is 5.59. The predicted molar refractivity (Wildman–Crippen MR) is 115 cm³/mol. The molecule has 7 nitrogen and oxygen atoms in total. The van der Waals surface area contributed by atoms with E-state index < -0.39 is 29.3 Å². The smallest absolute Gasteiger partial charge is 0.274 e. The number of anilines is 1. The average Bonchev–Trinajstić information content (AvgIpc) is 3.02. The highest BCUT2D eigenvalue weighted by atomic mass is 19.1. The average molecular weight is 453 g/mol. The zero-order valence-electron chi connectivity index (χ0n) is 17.6. The standard InChI is InChI=1S/C23H18F3N5O2/c1-11-21(12(2)31(30-11)10-16-17(25)4-3-5-18(16)26)29-23(33)20-9-15(22(27)32)14-7-6-13(24)8-19(14)28-20/h3-9H,10H2,1-2H3,(H2,27,32)(H,29,33). The number of carbonyl (C=O) groups excluding carboxylic acids is 2. The monoisotopic (exact) mass is 453 g/mol. The van der Waals surface area contributed by atoms with Crippen LogP contribution in [0.2, 0.25) is 0 Å². The van der Waals surface area contributed by atoms with E-state index in [4.69, 9.17) is 5.73 Å². The Labute approximate surface area is 186 Å². The molecule has 0 radical (unpaired) electrons. The highest BCUT2D eigenvalue weighted by Crippen LogP contribution is 2.24. The summed E-state index contributed by atoms with van der Waals surface area (Å²) in [4.78, 5) is 28.9. The van der Waals surface area contributed by atoms with Crippen molar-refractivity contribution in [2.75, 3.05) is 5.32 Å². The van der Waals surface area contributed by atoms with E-state index in [1.807, 2.05) is 0 Å². The van der Waals surface area contributed by atoms with E-state index in [1.165, 1.54) is 22.9 Å². The summed E-state index contributed by atoms with van der Waals surface area (Å²) >= 11 is 0. The van der Waals surface area contributed by atoms with Crippen LogP contribution in [0.1, 0.15) is 37.8 Å². The van der Waals surface area contributed by atoms with E-state index in [1.54, 1.807) is 13.8 Å². The number of primary amides is 1. The Morgan fingerprint density at radius 2 is 1.76 bits per heavy atom. The number of benzene rings is 2. The third-order valence-electron chi connectivity index (χ3n) is 5.26. The lowest BCUT2D eigenvalue weighted by atomic mass is 10.1. The summed E-state index contributed by atoms with van der Waals surface area (Å²) < 4.78 is 43.1. The molecule has 2 heterocycles. The Morgan fingerprint density at radius 1 is 1.06 bits per heavy atom. The van der Waals surface area contributed by atoms with Gasteiger partial charge >= 0.3 is 0 Å². The van der Waals surface area contributed by atoms with Crippen LogP contribution in [0.25, 0.3) is 10.9 Å². The molecule has 10 heteroatoms. The number of rotatable bonds is 5. The number of pyridine rings is 1. The molecular weight excluding hydrogens is 435 g/mol. The van der Waals surface area contributed by atoms with Crippen molar-refractivity contribution in [1.29, 1.82) is 0 Å². The first kappa shape index (κ1) is 22.0. The number of nitrogens with one attached hydrogen (secondary N) is 1. The van der Waals surface area contributed by atoms with Gasteiger partial charge in [0.1, 0.15) is 23.1 Å². The van der Waals surface area contributed by atoms with Crippen LogP contribution in [0.3, 0.4) is 0 Å². The Hall–Kier alpha value is -4.21. The quantitative estimate of drug-likeness (QED) is 0.479. The number of nitrogens with two attached hydrogens (primary N) is 1. The minimum atomic E-state index is -0.796. The number of carbonyl (C=O) groups is 2. The molecule has 0 saturated carbocycles. The maximum absolute atomic E-state index is 14.0. The van der Waals surface area contributed by atoms with Crippen molar-refractivity contribution in [1.82, 2.24) is 14.8 Å². The van der Waals surface area contributed by atoms with Crippen molar-refractivity contribution in [3.05, 3.63) is 88.1 Å². The van der Waals surface area contributed by atoms with E-state index >= 15 is 0 Å². The molecule has 0 atom stereocenters. The Balaban J connectivity index is 1.68. The maximum Gasteiger partial charge on any atom is 0.274 e. The second-order valence-corrected chi connectivity index (χ2v) is 7.44. The van der Waals surface area contributed by atoms with Crippen molar-refractivity contribution in [3.8, 4) is 0 Å².